The third kappa shape index (κ3) is 3.20. The quantitative estimate of drug-likeness (QED) is 0.848. The largest absolute Gasteiger partial charge is 0.363 e. The van der Waals surface area contributed by atoms with E-state index in [0.717, 1.165) is 0 Å². The van der Waals surface area contributed by atoms with Crippen molar-refractivity contribution in [2.45, 2.75) is 0 Å². The van der Waals surface area contributed by atoms with Crippen LogP contribution in [0.3, 0.4) is 0 Å². The van der Waals surface area contributed by atoms with E-state index in [2.05, 4.69) is 16.9 Å². The molecular weight excluding hydrogens is 214 g/mol. The molecule has 0 aliphatic rings. The molecule has 0 unspecified atom stereocenters. The van der Waals surface area contributed by atoms with Crippen LogP contribution in [0.2, 0.25) is 5.02 Å². The lowest BCUT2D eigenvalue weighted by Crippen LogP contribution is -2.04. The lowest BCUT2D eigenvalue weighted by Gasteiger charge is -2.04. The molecule has 0 amide bonds. The first-order valence-electron chi connectivity index (χ1n) is 3.48. The number of nitrogens with zero attached hydrogens (tertiary/aromatic N) is 1. The number of halogens is 3. The van der Waals surface area contributed by atoms with Gasteiger partial charge in [-0.05, 0) is 6.07 Å². The van der Waals surface area contributed by atoms with E-state index in [1.807, 2.05) is 0 Å². The zero-order valence-corrected chi connectivity index (χ0v) is 8.16. The molecule has 1 N–H and O–H groups in total. The molecule has 0 saturated heterocycles. The molecular formula is C8H7Cl2FN2. The van der Waals surface area contributed by atoms with Gasteiger partial charge in [-0.25, -0.2) is 9.37 Å². The maximum absolute atomic E-state index is 13.0. The zero-order valence-electron chi connectivity index (χ0n) is 6.65. The second kappa shape index (κ2) is 4.44. The van der Waals surface area contributed by atoms with Crippen molar-refractivity contribution in [1.82, 2.24) is 4.98 Å². The van der Waals surface area contributed by atoms with Crippen molar-refractivity contribution in [3.05, 3.63) is 34.7 Å². The van der Waals surface area contributed by atoms with Gasteiger partial charge in [0.1, 0.15) is 0 Å². The maximum atomic E-state index is 13.0. The van der Waals surface area contributed by atoms with Crippen LogP contribution >= 0.6 is 23.2 Å². The first kappa shape index (κ1) is 10.3. The van der Waals surface area contributed by atoms with Gasteiger partial charge in [-0.15, -0.1) is 0 Å². The van der Waals surface area contributed by atoms with Crippen molar-refractivity contribution < 1.29 is 4.39 Å². The Morgan fingerprint density at radius 3 is 2.92 bits per heavy atom. The van der Waals surface area contributed by atoms with Gasteiger partial charge in [0.05, 0.1) is 11.6 Å². The van der Waals surface area contributed by atoms with Gasteiger partial charge in [0.2, 0.25) is 0 Å². The lowest BCUT2D eigenvalue weighted by atomic mass is 10.4. The fourth-order valence-corrected chi connectivity index (χ4v) is 0.936. The van der Waals surface area contributed by atoms with Crippen LogP contribution in [0.1, 0.15) is 0 Å². The smallest absolute Gasteiger partial charge is 0.166 e. The Kier molecular flexibility index (Phi) is 3.51. The summed E-state index contributed by atoms with van der Waals surface area (Å²) >= 11 is 11.0. The summed E-state index contributed by atoms with van der Waals surface area (Å²) < 4.78 is 13.0. The highest BCUT2D eigenvalue weighted by molar-refractivity contribution is 6.30. The molecule has 5 heteroatoms. The molecule has 0 aliphatic carbocycles. The van der Waals surface area contributed by atoms with Crippen LogP contribution in [-0.4, -0.2) is 11.5 Å². The van der Waals surface area contributed by atoms with Crippen molar-refractivity contribution in [2.24, 2.45) is 0 Å². The van der Waals surface area contributed by atoms with E-state index in [-0.39, 0.29) is 17.4 Å². The third-order valence-corrected chi connectivity index (χ3v) is 1.60. The average molecular weight is 221 g/mol. The Morgan fingerprint density at radius 1 is 1.69 bits per heavy atom. The van der Waals surface area contributed by atoms with E-state index in [1.54, 1.807) is 0 Å². The molecule has 2 nitrogen and oxygen atoms in total. The fraction of sp³-hybridized carbons (Fsp3) is 0.125. The zero-order chi connectivity index (χ0) is 9.84. The van der Waals surface area contributed by atoms with E-state index in [0.29, 0.717) is 5.03 Å². The number of nitrogens with one attached hydrogen (secondary N) is 1. The highest BCUT2D eigenvalue weighted by Gasteiger charge is 2.03. The predicted molar refractivity (Wildman–Crippen MR) is 52.7 cm³/mol. The molecule has 0 aromatic carbocycles. The maximum Gasteiger partial charge on any atom is 0.166 e. The summed E-state index contributed by atoms with van der Waals surface area (Å²) in [7, 11) is 0. The molecule has 1 aromatic rings. The number of hydrogen-bond acceptors (Lipinski definition) is 2. The third-order valence-electron chi connectivity index (χ3n) is 1.26. The van der Waals surface area contributed by atoms with Crippen LogP contribution in [0, 0.1) is 5.82 Å². The van der Waals surface area contributed by atoms with Gasteiger partial charge in [-0.1, -0.05) is 29.8 Å². The van der Waals surface area contributed by atoms with Crippen molar-refractivity contribution in [1.29, 1.82) is 0 Å². The molecule has 0 fully saturated rings. The van der Waals surface area contributed by atoms with Gasteiger partial charge >= 0.3 is 0 Å². The number of anilines is 1. The van der Waals surface area contributed by atoms with Crippen LogP contribution in [0.25, 0.3) is 0 Å². The number of pyridine rings is 1. The number of rotatable bonds is 3. The van der Waals surface area contributed by atoms with E-state index in [9.17, 15) is 4.39 Å². The number of hydrogen-bond donors (Lipinski definition) is 1. The van der Waals surface area contributed by atoms with E-state index in [1.165, 1.54) is 12.3 Å². The van der Waals surface area contributed by atoms with Gasteiger partial charge in [-0.3, -0.25) is 0 Å². The fourth-order valence-electron chi connectivity index (χ4n) is 0.724. The SMILES string of the molecule is C=C(Cl)CNc1ncc(Cl)cc1F. The minimum absolute atomic E-state index is 0.117. The minimum Gasteiger partial charge on any atom is -0.363 e. The molecule has 1 rings (SSSR count). The Hall–Kier alpha value is -0.800. The normalized spacial score (nSPS) is 9.77. The topological polar surface area (TPSA) is 24.9 Å². The first-order chi connectivity index (χ1) is 6.09. The van der Waals surface area contributed by atoms with Crippen LogP contribution in [0.15, 0.2) is 23.9 Å². The van der Waals surface area contributed by atoms with Crippen molar-refractivity contribution in [3.63, 3.8) is 0 Å². The van der Waals surface area contributed by atoms with Crippen LogP contribution in [-0.2, 0) is 0 Å². The van der Waals surface area contributed by atoms with Gasteiger partial charge in [0.15, 0.2) is 11.6 Å². The van der Waals surface area contributed by atoms with Gasteiger partial charge in [0, 0.05) is 11.2 Å². The summed E-state index contributed by atoms with van der Waals surface area (Å²) in [4.78, 5) is 3.73. The van der Waals surface area contributed by atoms with Crippen molar-refractivity contribution in [2.75, 3.05) is 11.9 Å². The highest BCUT2D eigenvalue weighted by atomic mass is 35.5. The van der Waals surface area contributed by atoms with Gasteiger partial charge < -0.3 is 5.32 Å². The molecule has 0 bridgehead atoms. The summed E-state index contributed by atoms with van der Waals surface area (Å²) in [5, 5.41) is 3.31. The summed E-state index contributed by atoms with van der Waals surface area (Å²) in [6.45, 7) is 3.71. The molecule has 1 heterocycles. The van der Waals surface area contributed by atoms with E-state index in [4.69, 9.17) is 23.2 Å². The van der Waals surface area contributed by atoms with E-state index < -0.39 is 5.82 Å². The molecule has 0 spiro atoms. The van der Waals surface area contributed by atoms with E-state index >= 15 is 0 Å². The molecule has 1 aromatic heterocycles. The Bertz CT molecular complexity index is 328. The number of aromatic nitrogens is 1. The molecule has 13 heavy (non-hydrogen) atoms. The molecule has 0 radical (unpaired) electrons. The minimum atomic E-state index is -0.509. The van der Waals surface area contributed by atoms with Crippen LogP contribution in [0.5, 0.6) is 0 Å². The van der Waals surface area contributed by atoms with Gasteiger partial charge in [0.25, 0.3) is 0 Å². The predicted octanol–water partition coefficient (Wildman–Crippen LogP) is 3.04. The average Bonchev–Trinajstić information content (AvgIpc) is 2.02. The summed E-state index contributed by atoms with van der Waals surface area (Å²) in [6.07, 6.45) is 1.35. The first-order valence-corrected chi connectivity index (χ1v) is 4.23. The lowest BCUT2D eigenvalue weighted by molar-refractivity contribution is 0.625. The summed E-state index contributed by atoms with van der Waals surface area (Å²) in [5.74, 6) is -0.392. The van der Waals surface area contributed by atoms with Crippen LogP contribution < -0.4 is 5.32 Å². The molecule has 0 saturated carbocycles. The second-order valence-corrected chi connectivity index (χ2v) is 3.33. The summed E-state index contributed by atoms with van der Waals surface area (Å²) in [6, 6.07) is 1.17. The Balaban J connectivity index is 2.72. The Labute approximate surface area is 85.4 Å². The Morgan fingerprint density at radius 2 is 2.38 bits per heavy atom. The van der Waals surface area contributed by atoms with Gasteiger partial charge in [-0.2, -0.15) is 0 Å². The standard InChI is InChI=1S/C8H7Cl2FN2/c1-5(9)3-12-8-7(11)2-6(10)4-13-8/h2,4H,1,3H2,(H,12,13). The molecule has 70 valence electrons. The van der Waals surface area contributed by atoms with Crippen LogP contribution in [0.4, 0.5) is 10.2 Å². The molecule has 0 atom stereocenters. The second-order valence-electron chi connectivity index (χ2n) is 2.35. The molecule has 0 aliphatic heterocycles. The summed E-state index contributed by atoms with van der Waals surface area (Å²) in [5.41, 5.74) is 0. The van der Waals surface area contributed by atoms with Crippen molar-refractivity contribution in [3.8, 4) is 0 Å². The monoisotopic (exact) mass is 220 g/mol. The van der Waals surface area contributed by atoms with Crippen molar-refractivity contribution >= 4 is 29.0 Å². The highest BCUT2D eigenvalue weighted by Crippen LogP contribution is 2.15.